The smallest absolute Gasteiger partial charge is 0.387 e. The zero-order valence-electron chi connectivity index (χ0n) is 16.1. The molecule has 0 spiro atoms. The quantitative estimate of drug-likeness (QED) is 0.155. The van der Waals surface area contributed by atoms with Crippen molar-refractivity contribution in [3.63, 3.8) is 0 Å². The van der Waals surface area contributed by atoms with E-state index in [-0.39, 0.29) is 12.6 Å². The lowest BCUT2D eigenvalue weighted by Gasteiger charge is -2.09. The maximum atomic E-state index is 11.6. The fourth-order valence-electron chi connectivity index (χ4n) is 2.75. The zero-order chi connectivity index (χ0) is 19.1. The number of ether oxygens (including phenoxy) is 1. The highest BCUT2D eigenvalue weighted by Crippen LogP contribution is 2.61. The van der Waals surface area contributed by atoms with E-state index in [0.29, 0.717) is 12.2 Å². The summed E-state index contributed by atoms with van der Waals surface area (Å²) in [4.78, 5) is 20.9. The number of allylic oxidation sites excluding steroid dienone is 2. The number of rotatable bonds is 15. The Bertz CT molecular complexity index is 455. The summed E-state index contributed by atoms with van der Waals surface area (Å²) in [6.45, 7) is -1.18. The van der Waals surface area contributed by atoms with Crippen molar-refractivity contribution < 1.29 is 23.5 Å². The first-order valence-corrected chi connectivity index (χ1v) is 13.2. The van der Waals surface area contributed by atoms with Crippen molar-refractivity contribution in [2.45, 2.75) is 90.1 Å². The van der Waals surface area contributed by atoms with Gasteiger partial charge in [0.15, 0.2) is 0 Å². The van der Waals surface area contributed by atoms with Gasteiger partial charge in [-0.1, -0.05) is 57.6 Å². The third-order valence-electron chi connectivity index (χ3n) is 4.28. The summed E-state index contributed by atoms with van der Waals surface area (Å²) >= 11 is 0.890. The van der Waals surface area contributed by atoms with E-state index in [9.17, 15) is 14.3 Å². The number of carbonyl (C=O) groups is 1. The Balaban J connectivity index is 1.84. The van der Waals surface area contributed by atoms with Crippen LogP contribution in [0.5, 0.6) is 0 Å². The molecule has 0 bridgehead atoms. The maximum absolute atomic E-state index is 11.6. The molecular weight excluding hydrogens is 371 g/mol. The van der Waals surface area contributed by atoms with Gasteiger partial charge < -0.3 is 9.63 Å². The Hall–Kier alpha value is -0.290. The summed E-state index contributed by atoms with van der Waals surface area (Å²) in [5.74, 6) is 0.151. The summed E-state index contributed by atoms with van der Waals surface area (Å²) in [5, 5.41) is 0. The minimum atomic E-state index is -3.49. The largest absolute Gasteiger partial charge is 0.463 e. The lowest BCUT2D eigenvalue weighted by molar-refractivity contribution is -0.145. The second-order valence-electron chi connectivity index (χ2n) is 6.80. The Morgan fingerprint density at radius 3 is 2.35 bits per heavy atom. The molecular formula is C19H35O5PS. The fraction of sp³-hybridized carbons (Fsp3) is 0.842. The van der Waals surface area contributed by atoms with Crippen LogP contribution in [0.4, 0.5) is 0 Å². The van der Waals surface area contributed by atoms with Crippen LogP contribution in [0.1, 0.15) is 84.0 Å². The van der Waals surface area contributed by atoms with Crippen molar-refractivity contribution in [3.8, 4) is 0 Å². The van der Waals surface area contributed by atoms with Gasteiger partial charge in [-0.25, -0.2) is 4.57 Å². The van der Waals surface area contributed by atoms with Crippen molar-refractivity contribution in [1.82, 2.24) is 0 Å². The molecule has 0 radical (unpaired) electrons. The molecule has 7 heteroatoms. The van der Waals surface area contributed by atoms with Gasteiger partial charge in [-0.3, -0.25) is 9.32 Å². The predicted octanol–water partition coefficient (Wildman–Crippen LogP) is 6.02. The molecule has 5 nitrogen and oxygen atoms in total. The molecule has 2 atom stereocenters. The van der Waals surface area contributed by atoms with Crippen LogP contribution >= 0.6 is 18.2 Å². The third-order valence-corrected chi connectivity index (χ3v) is 7.37. The van der Waals surface area contributed by atoms with Gasteiger partial charge >= 0.3 is 12.8 Å². The minimum absolute atomic E-state index is 0.0706. The lowest BCUT2D eigenvalue weighted by atomic mass is 10.1. The summed E-state index contributed by atoms with van der Waals surface area (Å²) in [6.07, 6.45) is 17.7. The molecule has 1 heterocycles. The van der Waals surface area contributed by atoms with Crippen molar-refractivity contribution >= 4 is 24.1 Å². The molecule has 152 valence electrons. The van der Waals surface area contributed by atoms with E-state index < -0.39 is 12.9 Å². The van der Waals surface area contributed by atoms with Crippen LogP contribution in [0.2, 0.25) is 0 Å². The first-order valence-electron chi connectivity index (χ1n) is 10.00. The Morgan fingerprint density at radius 2 is 1.73 bits per heavy atom. The molecule has 0 amide bonds. The van der Waals surface area contributed by atoms with Gasteiger partial charge in [-0.05, 0) is 43.5 Å². The highest BCUT2D eigenvalue weighted by atomic mass is 32.7. The van der Waals surface area contributed by atoms with Crippen LogP contribution in [0.15, 0.2) is 12.2 Å². The molecule has 1 unspecified atom stereocenters. The van der Waals surface area contributed by atoms with Crippen molar-refractivity contribution in [3.05, 3.63) is 12.2 Å². The van der Waals surface area contributed by atoms with Gasteiger partial charge in [0.2, 0.25) is 0 Å². The van der Waals surface area contributed by atoms with Gasteiger partial charge in [-0.2, -0.15) is 0 Å². The average Bonchev–Trinajstić information content (AvgIpc) is 2.96. The van der Waals surface area contributed by atoms with E-state index in [4.69, 9.17) is 9.26 Å². The first-order chi connectivity index (χ1) is 12.5. The van der Waals surface area contributed by atoms with E-state index in [1.54, 1.807) is 0 Å². The molecule has 1 fully saturated rings. The molecule has 0 aromatic heterocycles. The minimum Gasteiger partial charge on any atom is -0.463 e. The third kappa shape index (κ3) is 13.0. The highest BCUT2D eigenvalue weighted by Gasteiger charge is 2.35. The van der Waals surface area contributed by atoms with Crippen LogP contribution in [0, 0.1) is 0 Å². The molecule has 0 aromatic rings. The predicted molar refractivity (Wildman–Crippen MR) is 108 cm³/mol. The van der Waals surface area contributed by atoms with E-state index in [0.717, 1.165) is 37.1 Å². The SMILES string of the molecule is CCCCCC/C=C\CCCCCCCC(=O)OC[C@@H]1CSP(=O)(O)O1. The summed E-state index contributed by atoms with van der Waals surface area (Å²) in [5.41, 5.74) is 0. The second-order valence-corrected chi connectivity index (χ2v) is 10.7. The number of carbonyl (C=O) groups excluding carboxylic acids is 1. The van der Waals surface area contributed by atoms with E-state index in [1.807, 2.05) is 0 Å². The van der Waals surface area contributed by atoms with E-state index in [1.165, 1.54) is 44.9 Å². The van der Waals surface area contributed by atoms with Gasteiger partial charge in [0.05, 0.1) is 0 Å². The Kier molecular flexibility index (Phi) is 13.5. The van der Waals surface area contributed by atoms with Gasteiger partial charge in [0, 0.05) is 12.2 Å². The van der Waals surface area contributed by atoms with E-state index >= 15 is 0 Å². The summed E-state index contributed by atoms with van der Waals surface area (Å²) in [6, 6.07) is 0. The summed E-state index contributed by atoms with van der Waals surface area (Å²) in [7, 11) is 0. The maximum Gasteiger partial charge on any atom is 0.387 e. The Labute approximate surface area is 162 Å². The molecule has 26 heavy (non-hydrogen) atoms. The molecule has 1 N–H and O–H groups in total. The van der Waals surface area contributed by atoms with Crippen LogP contribution in [-0.4, -0.2) is 29.3 Å². The second kappa shape index (κ2) is 14.7. The summed E-state index contributed by atoms with van der Waals surface area (Å²) < 4.78 is 21.2. The lowest BCUT2D eigenvalue weighted by Crippen LogP contribution is -2.19. The monoisotopic (exact) mass is 406 g/mol. The van der Waals surface area contributed by atoms with Crippen LogP contribution < -0.4 is 0 Å². The number of hydrogen-bond acceptors (Lipinski definition) is 5. The standard InChI is InChI=1S/C19H35O5PS/c1-2-3-4-5-6-7-8-9-10-11-12-13-14-15-19(20)23-16-18-17-26-25(21,22)24-18/h7-8,18H,2-6,9-17H2,1H3,(H,21,22)/b8-7-/t18-/m1/s1. The molecule has 0 saturated carbocycles. The van der Waals surface area contributed by atoms with Crippen molar-refractivity contribution in [2.75, 3.05) is 12.4 Å². The molecule has 1 saturated heterocycles. The Morgan fingerprint density at radius 1 is 1.12 bits per heavy atom. The average molecular weight is 407 g/mol. The van der Waals surface area contributed by atoms with Crippen LogP contribution in [0.25, 0.3) is 0 Å². The van der Waals surface area contributed by atoms with E-state index in [2.05, 4.69) is 19.1 Å². The number of unbranched alkanes of at least 4 members (excludes halogenated alkanes) is 9. The number of hydrogen-bond donors (Lipinski definition) is 1. The molecule has 1 rings (SSSR count). The van der Waals surface area contributed by atoms with Gasteiger partial charge in [-0.15, -0.1) is 0 Å². The van der Waals surface area contributed by atoms with Crippen molar-refractivity contribution in [1.29, 1.82) is 0 Å². The molecule has 0 aromatic carbocycles. The molecule has 0 aliphatic carbocycles. The number of esters is 1. The zero-order valence-corrected chi connectivity index (χ0v) is 17.8. The first kappa shape index (κ1) is 23.7. The van der Waals surface area contributed by atoms with Gasteiger partial charge in [0.1, 0.15) is 12.7 Å². The molecule has 1 aliphatic heterocycles. The fourth-order valence-corrected chi connectivity index (χ4v) is 5.55. The normalized spacial score (nSPS) is 22.9. The molecule has 1 aliphatic rings. The van der Waals surface area contributed by atoms with Crippen LogP contribution in [0.3, 0.4) is 0 Å². The topological polar surface area (TPSA) is 72.8 Å². The van der Waals surface area contributed by atoms with Crippen LogP contribution in [-0.2, 0) is 18.6 Å². The van der Waals surface area contributed by atoms with Crippen molar-refractivity contribution in [2.24, 2.45) is 0 Å². The highest BCUT2D eigenvalue weighted by molar-refractivity contribution is 8.55. The van der Waals surface area contributed by atoms with Gasteiger partial charge in [0.25, 0.3) is 0 Å².